The van der Waals surface area contributed by atoms with Crippen molar-refractivity contribution >= 4 is 28.2 Å². The van der Waals surface area contributed by atoms with E-state index in [-0.39, 0.29) is 5.78 Å². The molecule has 1 N–H and O–H groups in total. The summed E-state index contributed by atoms with van der Waals surface area (Å²) >= 11 is 1.51. The van der Waals surface area contributed by atoms with Crippen LogP contribution in [0.2, 0.25) is 0 Å². The monoisotopic (exact) mass is 260 g/mol. The number of anilines is 2. The Morgan fingerprint density at radius 1 is 1.33 bits per heavy atom. The van der Waals surface area contributed by atoms with E-state index >= 15 is 0 Å². The van der Waals surface area contributed by atoms with Gasteiger partial charge in [-0.2, -0.15) is 0 Å². The fraction of sp³-hybridized carbons (Fsp3) is 0.333. The SMILES string of the molecule is Cc1csc(Nc2ncc3c(n2)CCCC3=O)n1. The van der Waals surface area contributed by atoms with Crippen molar-refractivity contribution in [3.8, 4) is 0 Å². The van der Waals surface area contributed by atoms with Gasteiger partial charge >= 0.3 is 0 Å². The summed E-state index contributed by atoms with van der Waals surface area (Å²) < 4.78 is 0. The quantitative estimate of drug-likeness (QED) is 0.898. The van der Waals surface area contributed by atoms with Gasteiger partial charge in [0.1, 0.15) is 0 Å². The number of carbonyl (C=O) groups excluding carboxylic acids is 1. The second kappa shape index (κ2) is 4.45. The number of carbonyl (C=O) groups is 1. The summed E-state index contributed by atoms with van der Waals surface area (Å²) in [5.74, 6) is 0.658. The first-order valence-corrected chi connectivity index (χ1v) is 6.68. The van der Waals surface area contributed by atoms with Gasteiger partial charge in [-0.3, -0.25) is 4.79 Å². The van der Waals surface area contributed by atoms with E-state index in [1.165, 1.54) is 11.3 Å². The Morgan fingerprint density at radius 2 is 2.22 bits per heavy atom. The van der Waals surface area contributed by atoms with Gasteiger partial charge < -0.3 is 5.32 Å². The predicted molar refractivity (Wildman–Crippen MR) is 69.4 cm³/mol. The highest BCUT2D eigenvalue weighted by Crippen LogP contribution is 2.22. The Balaban J connectivity index is 1.88. The molecule has 92 valence electrons. The lowest BCUT2D eigenvalue weighted by atomic mass is 9.96. The largest absolute Gasteiger partial charge is 0.300 e. The van der Waals surface area contributed by atoms with Crippen molar-refractivity contribution in [1.82, 2.24) is 15.0 Å². The van der Waals surface area contributed by atoms with Gasteiger partial charge in [0.15, 0.2) is 10.9 Å². The van der Waals surface area contributed by atoms with Gasteiger partial charge in [-0.1, -0.05) is 0 Å². The molecule has 0 atom stereocenters. The van der Waals surface area contributed by atoms with E-state index < -0.39 is 0 Å². The fourth-order valence-electron chi connectivity index (χ4n) is 1.96. The number of Topliss-reactive ketones (excluding diaryl/α,β-unsaturated/α-hetero) is 1. The molecule has 0 aliphatic heterocycles. The zero-order valence-corrected chi connectivity index (χ0v) is 10.8. The van der Waals surface area contributed by atoms with Crippen molar-refractivity contribution in [2.75, 3.05) is 5.32 Å². The van der Waals surface area contributed by atoms with E-state index in [0.29, 0.717) is 17.9 Å². The average Bonchev–Trinajstić information content (AvgIpc) is 2.75. The molecular formula is C12H12N4OS. The zero-order valence-electron chi connectivity index (χ0n) is 9.93. The molecule has 0 fully saturated rings. The number of nitrogens with zero attached hydrogens (tertiary/aromatic N) is 3. The molecule has 0 bridgehead atoms. The van der Waals surface area contributed by atoms with Crippen molar-refractivity contribution in [2.45, 2.75) is 26.2 Å². The van der Waals surface area contributed by atoms with Crippen molar-refractivity contribution in [2.24, 2.45) is 0 Å². The molecule has 0 amide bonds. The third-order valence-electron chi connectivity index (χ3n) is 2.82. The van der Waals surface area contributed by atoms with E-state index in [1.54, 1.807) is 6.20 Å². The number of nitrogens with one attached hydrogen (secondary N) is 1. The summed E-state index contributed by atoms with van der Waals surface area (Å²) in [5.41, 5.74) is 2.48. The maximum Gasteiger partial charge on any atom is 0.229 e. The van der Waals surface area contributed by atoms with Crippen LogP contribution in [-0.4, -0.2) is 20.7 Å². The molecule has 3 rings (SSSR count). The van der Waals surface area contributed by atoms with Crippen LogP contribution in [0.5, 0.6) is 0 Å². The Morgan fingerprint density at radius 3 is 3.00 bits per heavy atom. The first-order valence-electron chi connectivity index (χ1n) is 5.80. The lowest BCUT2D eigenvalue weighted by molar-refractivity contribution is 0.0971. The minimum absolute atomic E-state index is 0.146. The van der Waals surface area contributed by atoms with E-state index in [1.807, 2.05) is 12.3 Å². The van der Waals surface area contributed by atoms with Crippen LogP contribution < -0.4 is 5.32 Å². The summed E-state index contributed by atoms with van der Waals surface area (Å²) in [6.45, 7) is 1.94. The Labute approximate surface area is 108 Å². The molecule has 0 unspecified atom stereocenters. The molecule has 2 aromatic rings. The molecule has 6 heteroatoms. The highest BCUT2D eigenvalue weighted by molar-refractivity contribution is 7.13. The number of hydrogen-bond acceptors (Lipinski definition) is 6. The number of aryl methyl sites for hydroxylation is 2. The fourth-order valence-corrected chi connectivity index (χ4v) is 2.64. The molecule has 0 saturated carbocycles. The molecule has 1 aliphatic carbocycles. The van der Waals surface area contributed by atoms with Crippen LogP contribution in [0.4, 0.5) is 11.1 Å². The van der Waals surface area contributed by atoms with E-state index in [2.05, 4.69) is 20.3 Å². The maximum absolute atomic E-state index is 11.6. The van der Waals surface area contributed by atoms with Crippen molar-refractivity contribution in [3.63, 3.8) is 0 Å². The molecular weight excluding hydrogens is 248 g/mol. The van der Waals surface area contributed by atoms with E-state index in [0.717, 1.165) is 29.4 Å². The number of rotatable bonds is 2. The van der Waals surface area contributed by atoms with Gasteiger partial charge in [0.2, 0.25) is 5.95 Å². The predicted octanol–water partition coefficient (Wildman–Crippen LogP) is 2.50. The van der Waals surface area contributed by atoms with Crippen LogP contribution in [0.1, 0.15) is 34.6 Å². The van der Waals surface area contributed by atoms with Gasteiger partial charge in [0.05, 0.1) is 17.0 Å². The topological polar surface area (TPSA) is 67.8 Å². The van der Waals surface area contributed by atoms with Crippen molar-refractivity contribution in [3.05, 3.63) is 28.5 Å². The summed E-state index contributed by atoms with van der Waals surface area (Å²) in [6.07, 6.45) is 3.94. The first-order chi connectivity index (χ1) is 8.72. The Bertz CT molecular complexity index is 608. The minimum Gasteiger partial charge on any atom is -0.300 e. The molecule has 0 aromatic carbocycles. The van der Waals surface area contributed by atoms with Crippen LogP contribution in [0.3, 0.4) is 0 Å². The molecule has 5 nitrogen and oxygen atoms in total. The third-order valence-corrected chi connectivity index (χ3v) is 3.70. The summed E-state index contributed by atoms with van der Waals surface area (Å²) in [6, 6.07) is 0. The number of aromatic nitrogens is 3. The van der Waals surface area contributed by atoms with Gasteiger partial charge in [-0.25, -0.2) is 15.0 Å². The van der Waals surface area contributed by atoms with Crippen molar-refractivity contribution < 1.29 is 4.79 Å². The van der Waals surface area contributed by atoms with Gasteiger partial charge in [-0.15, -0.1) is 11.3 Å². The Hall–Kier alpha value is -1.82. The molecule has 1 aliphatic rings. The van der Waals surface area contributed by atoms with Crippen LogP contribution in [0, 0.1) is 6.92 Å². The highest BCUT2D eigenvalue weighted by atomic mass is 32.1. The van der Waals surface area contributed by atoms with E-state index in [9.17, 15) is 4.79 Å². The molecule has 2 heterocycles. The number of hydrogen-bond donors (Lipinski definition) is 1. The first kappa shape index (κ1) is 11.3. The summed E-state index contributed by atoms with van der Waals surface area (Å²) in [7, 11) is 0. The van der Waals surface area contributed by atoms with Crippen molar-refractivity contribution in [1.29, 1.82) is 0 Å². The Kier molecular flexibility index (Phi) is 2.79. The lowest BCUT2D eigenvalue weighted by Crippen LogP contribution is -2.14. The minimum atomic E-state index is 0.146. The summed E-state index contributed by atoms with van der Waals surface area (Å²) in [4.78, 5) is 24.5. The van der Waals surface area contributed by atoms with Crippen LogP contribution >= 0.6 is 11.3 Å². The van der Waals surface area contributed by atoms with Gasteiger partial charge in [0, 0.05) is 18.0 Å². The maximum atomic E-state index is 11.6. The van der Waals surface area contributed by atoms with Gasteiger partial charge in [0.25, 0.3) is 0 Å². The second-order valence-electron chi connectivity index (χ2n) is 4.25. The third kappa shape index (κ3) is 2.11. The molecule has 18 heavy (non-hydrogen) atoms. The second-order valence-corrected chi connectivity index (χ2v) is 5.11. The highest BCUT2D eigenvalue weighted by Gasteiger charge is 2.19. The van der Waals surface area contributed by atoms with Crippen LogP contribution in [-0.2, 0) is 6.42 Å². The molecule has 0 spiro atoms. The van der Waals surface area contributed by atoms with Gasteiger partial charge in [-0.05, 0) is 19.8 Å². The molecule has 2 aromatic heterocycles. The normalized spacial score (nSPS) is 14.4. The number of ketones is 1. The standard InChI is InChI=1S/C12H12N4OS/c1-7-6-18-12(14-7)16-11-13-5-8-9(15-11)3-2-4-10(8)17/h5-6H,2-4H2,1H3,(H,13,14,15,16). The van der Waals surface area contributed by atoms with Crippen LogP contribution in [0.15, 0.2) is 11.6 Å². The zero-order chi connectivity index (χ0) is 12.5. The average molecular weight is 260 g/mol. The number of fused-ring (bicyclic) bond motifs is 1. The number of thiazole rings is 1. The molecule has 0 radical (unpaired) electrons. The summed E-state index contributed by atoms with van der Waals surface area (Å²) in [5, 5.41) is 5.80. The smallest absolute Gasteiger partial charge is 0.229 e. The molecule has 0 saturated heterocycles. The van der Waals surface area contributed by atoms with E-state index in [4.69, 9.17) is 0 Å². The lowest BCUT2D eigenvalue weighted by Gasteiger charge is -2.13. The van der Waals surface area contributed by atoms with Crippen LogP contribution in [0.25, 0.3) is 0 Å².